The molecule has 2 aromatic heterocycles. The number of hydrogen-bond donors (Lipinski definition) is 1. The van der Waals surface area contributed by atoms with E-state index >= 15 is 0 Å². The second-order valence-corrected chi connectivity index (χ2v) is 8.51. The van der Waals surface area contributed by atoms with Crippen molar-refractivity contribution in [3.8, 4) is 5.82 Å². The molecule has 8 nitrogen and oxygen atoms in total. The maximum atomic E-state index is 12.5. The quantitative estimate of drug-likeness (QED) is 0.570. The average molecular weight is 449 g/mol. The highest BCUT2D eigenvalue weighted by atomic mass is 16.5. The van der Waals surface area contributed by atoms with Gasteiger partial charge >= 0.3 is 0 Å². The summed E-state index contributed by atoms with van der Waals surface area (Å²) in [5.74, 6) is 1.95. The van der Waals surface area contributed by atoms with Gasteiger partial charge in [-0.05, 0) is 37.3 Å². The Kier molecular flexibility index (Phi) is 7.34. The Balaban J connectivity index is 1.38. The average Bonchev–Trinajstić information content (AvgIpc) is 3.15. The van der Waals surface area contributed by atoms with Gasteiger partial charge in [0.1, 0.15) is 12.1 Å². The zero-order chi connectivity index (χ0) is 23.2. The second-order valence-electron chi connectivity index (χ2n) is 8.51. The van der Waals surface area contributed by atoms with Crippen molar-refractivity contribution in [1.82, 2.24) is 25.1 Å². The molecule has 33 heavy (non-hydrogen) atoms. The Hall–Kier alpha value is -3.26. The lowest BCUT2D eigenvalue weighted by Crippen LogP contribution is -2.36. The first-order chi connectivity index (χ1) is 16.0. The van der Waals surface area contributed by atoms with Crippen LogP contribution in [0.4, 0.5) is 5.82 Å². The van der Waals surface area contributed by atoms with Gasteiger partial charge in [-0.2, -0.15) is 5.10 Å². The first kappa shape index (κ1) is 22.9. The lowest BCUT2D eigenvalue weighted by Gasteiger charge is -2.27. The van der Waals surface area contributed by atoms with Crippen LogP contribution in [0.15, 0.2) is 42.7 Å². The molecule has 0 bridgehead atoms. The highest BCUT2D eigenvalue weighted by Crippen LogP contribution is 2.21. The zero-order valence-corrected chi connectivity index (χ0v) is 19.6. The predicted octanol–water partition coefficient (Wildman–Crippen LogP) is 2.97. The number of benzene rings is 1. The summed E-state index contributed by atoms with van der Waals surface area (Å²) >= 11 is 0. The van der Waals surface area contributed by atoms with Gasteiger partial charge in [-0.3, -0.25) is 4.79 Å². The SMILES string of the molecule is Cc1nn(-c2cc(N3CCOCC3)ncn2)c(C)c1CCC(=O)NC[C@H](C)c1ccccc1. The Morgan fingerprint density at radius 3 is 2.61 bits per heavy atom. The second kappa shape index (κ2) is 10.6. The van der Waals surface area contributed by atoms with Crippen LogP contribution in [-0.4, -0.2) is 58.5 Å². The van der Waals surface area contributed by atoms with Gasteiger partial charge in [0.25, 0.3) is 0 Å². The van der Waals surface area contributed by atoms with Crippen LogP contribution in [0.5, 0.6) is 0 Å². The fraction of sp³-hybridized carbons (Fsp3) is 0.440. The molecule has 4 rings (SSSR count). The molecule has 0 saturated carbocycles. The standard InChI is InChI=1S/C25H32N6O2/c1-18(21-7-5-4-6-8-21)16-26-25(32)10-9-22-19(2)29-31(20(22)3)24-15-23(27-17-28-24)30-11-13-33-14-12-30/h4-8,15,17-18H,9-14,16H2,1-3H3,(H,26,32)/t18-/m0/s1. The van der Waals surface area contributed by atoms with Crippen molar-refractivity contribution in [1.29, 1.82) is 0 Å². The third kappa shape index (κ3) is 5.57. The normalized spacial score (nSPS) is 14.8. The molecule has 8 heteroatoms. The van der Waals surface area contributed by atoms with Gasteiger partial charge in [-0.15, -0.1) is 0 Å². The maximum absolute atomic E-state index is 12.5. The van der Waals surface area contributed by atoms with E-state index in [1.165, 1.54) is 5.56 Å². The summed E-state index contributed by atoms with van der Waals surface area (Å²) in [6, 6.07) is 12.2. The Morgan fingerprint density at radius 2 is 1.85 bits per heavy atom. The van der Waals surface area contributed by atoms with E-state index in [9.17, 15) is 4.79 Å². The van der Waals surface area contributed by atoms with Crippen LogP contribution in [0, 0.1) is 13.8 Å². The van der Waals surface area contributed by atoms with Crippen molar-refractivity contribution in [2.45, 2.75) is 39.5 Å². The van der Waals surface area contributed by atoms with Gasteiger partial charge in [0.2, 0.25) is 5.91 Å². The molecule has 3 aromatic rings. The third-order valence-corrected chi connectivity index (χ3v) is 6.21. The predicted molar refractivity (Wildman–Crippen MR) is 128 cm³/mol. The molecule has 1 saturated heterocycles. The smallest absolute Gasteiger partial charge is 0.220 e. The number of nitrogens with one attached hydrogen (secondary N) is 1. The summed E-state index contributed by atoms with van der Waals surface area (Å²) in [6.07, 6.45) is 2.65. The number of aryl methyl sites for hydroxylation is 1. The number of morpholine rings is 1. The van der Waals surface area contributed by atoms with Crippen LogP contribution in [0.2, 0.25) is 0 Å². The Labute approximate surface area is 195 Å². The molecule has 3 heterocycles. The van der Waals surface area contributed by atoms with E-state index < -0.39 is 0 Å². The van der Waals surface area contributed by atoms with Crippen LogP contribution >= 0.6 is 0 Å². The summed E-state index contributed by atoms with van der Waals surface area (Å²) < 4.78 is 7.29. The lowest BCUT2D eigenvalue weighted by molar-refractivity contribution is -0.121. The molecule has 0 radical (unpaired) electrons. The van der Waals surface area contributed by atoms with Gasteiger partial charge in [0.05, 0.1) is 18.9 Å². The molecule has 1 fully saturated rings. The largest absolute Gasteiger partial charge is 0.378 e. The minimum absolute atomic E-state index is 0.0565. The Bertz CT molecular complexity index is 1080. The molecule has 0 spiro atoms. The van der Waals surface area contributed by atoms with E-state index in [-0.39, 0.29) is 11.8 Å². The van der Waals surface area contributed by atoms with E-state index in [2.05, 4.69) is 39.2 Å². The number of rotatable bonds is 8. The summed E-state index contributed by atoms with van der Waals surface area (Å²) in [5.41, 5.74) is 4.24. The summed E-state index contributed by atoms with van der Waals surface area (Å²) in [7, 11) is 0. The molecular weight excluding hydrogens is 416 g/mol. The molecule has 0 aliphatic carbocycles. The molecule has 1 aliphatic rings. The number of amides is 1. The Morgan fingerprint density at radius 1 is 1.12 bits per heavy atom. The fourth-order valence-electron chi connectivity index (χ4n) is 4.17. The topological polar surface area (TPSA) is 85.2 Å². The number of nitrogens with zero attached hydrogens (tertiary/aromatic N) is 5. The van der Waals surface area contributed by atoms with E-state index in [0.29, 0.717) is 32.6 Å². The monoisotopic (exact) mass is 448 g/mol. The number of anilines is 1. The molecule has 1 aromatic carbocycles. The van der Waals surface area contributed by atoms with E-state index in [4.69, 9.17) is 9.84 Å². The van der Waals surface area contributed by atoms with Crippen LogP contribution in [0.1, 0.15) is 41.8 Å². The summed E-state index contributed by atoms with van der Waals surface area (Å²) in [6.45, 7) is 9.81. The minimum Gasteiger partial charge on any atom is -0.378 e. The molecule has 1 N–H and O–H groups in total. The van der Waals surface area contributed by atoms with Crippen molar-refractivity contribution in [3.05, 3.63) is 65.2 Å². The van der Waals surface area contributed by atoms with Gasteiger partial charge in [-0.1, -0.05) is 37.3 Å². The molecule has 1 amide bonds. The zero-order valence-electron chi connectivity index (χ0n) is 19.6. The first-order valence-electron chi connectivity index (χ1n) is 11.5. The number of carbonyl (C=O) groups excluding carboxylic acids is 1. The van der Waals surface area contributed by atoms with Crippen molar-refractivity contribution in [2.24, 2.45) is 0 Å². The number of aromatic nitrogens is 4. The van der Waals surface area contributed by atoms with Gasteiger partial charge < -0.3 is 15.0 Å². The van der Waals surface area contributed by atoms with Crippen molar-refractivity contribution >= 4 is 11.7 Å². The van der Waals surface area contributed by atoms with Crippen molar-refractivity contribution in [2.75, 3.05) is 37.7 Å². The van der Waals surface area contributed by atoms with Crippen LogP contribution in [-0.2, 0) is 16.0 Å². The van der Waals surface area contributed by atoms with Gasteiger partial charge in [-0.25, -0.2) is 14.6 Å². The van der Waals surface area contributed by atoms with E-state index in [1.807, 2.05) is 42.8 Å². The number of hydrogen-bond acceptors (Lipinski definition) is 6. The van der Waals surface area contributed by atoms with Crippen LogP contribution < -0.4 is 10.2 Å². The summed E-state index contributed by atoms with van der Waals surface area (Å²) in [5, 5.41) is 7.78. The number of ether oxygens (including phenoxy) is 1. The maximum Gasteiger partial charge on any atom is 0.220 e. The van der Waals surface area contributed by atoms with Crippen molar-refractivity contribution < 1.29 is 9.53 Å². The molecule has 174 valence electrons. The molecule has 1 aliphatic heterocycles. The minimum atomic E-state index is 0.0565. The fourth-order valence-corrected chi connectivity index (χ4v) is 4.17. The van der Waals surface area contributed by atoms with Crippen LogP contribution in [0.3, 0.4) is 0 Å². The van der Waals surface area contributed by atoms with E-state index in [1.54, 1.807) is 6.33 Å². The highest BCUT2D eigenvalue weighted by Gasteiger charge is 2.18. The van der Waals surface area contributed by atoms with Crippen LogP contribution in [0.25, 0.3) is 5.82 Å². The lowest BCUT2D eigenvalue weighted by atomic mass is 10.0. The molecule has 0 unspecified atom stereocenters. The van der Waals surface area contributed by atoms with Gasteiger partial charge in [0, 0.05) is 37.8 Å². The number of carbonyl (C=O) groups is 1. The summed E-state index contributed by atoms with van der Waals surface area (Å²) in [4.78, 5) is 23.6. The highest BCUT2D eigenvalue weighted by molar-refractivity contribution is 5.76. The van der Waals surface area contributed by atoms with Crippen molar-refractivity contribution in [3.63, 3.8) is 0 Å². The first-order valence-corrected chi connectivity index (χ1v) is 11.5. The molecular formula is C25H32N6O2. The third-order valence-electron chi connectivity index (χ3n) is 6.21. The van der Waals surface area contributed by atoms with Gasteiger partial charge in [0.15, 0.2) is 5.82 Å². The molecule has 1 atom stereocenters. The van der Waals surface area contributed by atoms with E-state index in [0.717, 1.165) is 41.7 Å².